The molecule has 5 heteroatoms. The van der Waals surface area contributed by atoms with Gasteiger partial charge in [0, 0.05) is 12.7 Å². The van der Waals surface area contributed by atoms with Crippen LogP contribution in [0.1, 0.15) is 5.56 Å². The van der Waals surface area contributed by atoms with Gasteiger partial charge in [0.25, 0.3) is 0 Å². The minimum absolute atomic E-state index is 0.510. The number of halogens is 2. The molecule has 0 bridgehead atoms. The normalized spacial score (nSPS) is 10.2. The highest BCUT2D eigenvalue weighted by atomic mass is 35.5. The number of hydrogen-bond acceptors (Lipinski definition) is 3. The van der Waals surface area contributed by atoms with Crippen LogP contribution < -0.4 is 10.1 Å². The van der Waals surface area contributed by atoms with Crippen LogP contribution in [0.25, 0.3) is 0 Å². The predicted molar refractivity (Wildman–Crippen MR) is 74.6 cm³/mol. The number of pyridine rings is 1. The van der Waals surface area contributed by atoms with E-state index in [1.807, 2.05) is 24.3 Å². The van der Waals surface area contributed by atoms with Crippen molar-refractivity contribution in [3.8, 4) is 5.75 Å². The zero-order valence-electron chi connectivity index (χ0n) is 9.78. The highest BCUT2D eigenvalue weighted by molar-refractivity contribution is 6.35. The molecule has 1 aromatic carbocycles. The molecule has 0 saturated heterocycles. The monoisotopic (exact) mass is 282 g/mol. The average Bonchev–Trinajstić information content (AvgIpc) is 2.38. The predicted octanol–water partition coefficient (Wildman–Crippen LogP) is 4.01. The Labute approximate surface area is 116 Å². The lowest BCUT2D eigenvalue weighted by Crippen LogP contribution is -2.01. The van der Waals surface area contributed by atoms with E-state index in [0.29, 0.717) is 22.4 Å². The van der Waals surface area contributed by atoms with Crippen molar-refractivity contribution in [2.24, 2.45) is 0 Å². The number of benzene rings is 1. The summed E-state index contributed by atoms with van der Waals surface area (Å²) in [6.45, 7) is 0.637. The largest absolute Gasteiger partial charge is 0.497 e. The molecule has 0 saturated carbocycles. The molecule has 0 aliphatic carbocycles. The fourth-order valence-corrected chi connectivity index (χ4v) is 1.92. The first-order chi connectivity index (χ1) is 8.69. The fourth-order valence-electron chi connectivity index (χ4n) is 1.47. The van der Waals surface area contributed by atoms with E-state index in [0.717, 1.165) is 11.3 Å². The molecule has 0 aliphatic heterocycles. The minimum Gasteiger partial charge on any atom is -0.497 e. The molecule has 0 aliphatic rings. The van der Waals surface area contributed by atoms with Crippen molar-refractivity contribution in [3.63, 3.8) is 0 Å². The smallest absolute Gasteiger partial charge is 0.145 e. The van der Waals surface area contributed by atoms with Gasteiger partial charge in [-0.15, -0.1) is 0 Å². The minimum atomic E-state index is 0.510. The summed E-state index contributed by atoms with van der Waals surface area (Å²) in [7, 11) is 1.64. The van der Waals surface area contributed by atoms with Crippen LogP contribution >= 0.6 is 23.2 Å². The SMILES string of the molecule is COc1ccc(CNc2ncc(Cl)cc2Cl)cc1. The van der Waals surface area contributed by atoms with E-state index < -0.39 is 0 Å². The molecule has 2 rings (SSSR count). The summed E-state index contributed by atoms with van der Waals surface area (Å²) in [5.74, 6) is 1.46. The molecule has 0 spiro atoms. The number of methoxy groups -OCH3 is 1. The molecule has 3 nitrogen and oxygen atoms in total. The van der Waals surface area contributed by atoms with Crippen molar-refractivity contribution in [2.75, 3.05) is 12.4 Å². The highest BCUT2D eigenvalue weighted by Crippen LogP contribution is 2.23. The average molecular weight is 283 g/mol. The molecule has 0 amide bonds. The van der Waals surface area contributed by atoms with E-state index >= 15 is 0 Å². The third kappa shape index (κ3) is 3.28. The Morgan fingerprint density at radius 3 is 2.56 bits per heavy atom. The van der Waals surface area contributed by atoms with Crippen molar-refractivity contribution < 1.29 is 4.74 Å². The Balaban J connectivity index is 2.02. The second-order valence-corrected chi connectivity index (χ2v) is 4.53. The number of rotatable bonds is 4. The third-order valence-corrected chi connectivity index (χ3v) is 2.92. The van der Waals surface area contributed by atoms with E-state index in [1.54, 1.807) is 19.4 Å². The summed E-state index contributed by atoms with van der Waals surface area (Å²) in [6.07, 6.45) is 1.56. The Morgan fingerprint density at radius 1 is 1.22 bits per heavy atom. The summed E-state index contributed by atoms with van der Waals surface area (Å²) in [5, 5.41) is 4.18. The van der Waals surface area contributed by atoms with Gasteiger partial charge in [-0.3, -0.25) is 0 Å². The number of anilines is 1. The molecule has 1 N–H and O–H groups in total. The van der Waals surface area contributed by atoms with Gasteiger partial charge >= 0.3 is 0 Å². The van der Waals surface area contributed by atoms with Crippen LogP contribution in [0.3, 0.4) is 0 Å². The Morgan fingerprint density at radius 2 is 1.94 bits per heavy atom. The van der Waals surface area contributed by atoms with Crippen LogP contribution in [-0.4, -0.2) is 12.1 Å². The third-order valence-electron chi connectivity index (χ3n) is 2.43. The fraction of sp³-hybridized carbons (Fsp3) is 0.154. The lowest BCUT2D eigenvalue weighted by Gasteiger charge is -2.08. The van der Waals surface area contributed by atoms with Crippen molar-refractivity contribution in [3.05, 3.63) is 52.1 Å². The number of ether oxygens (including phenoxy) is 1. The van der Waals surface area contributed by atoms with E-state index in [-0.39, 0.29) is 0 Å². The Bertz CT molecular complexity index is 529. The summed E-state index contributed by atoms with van der Waals surface area (Å²) in [4.78, 5) is 4.13. The van der Waals surface area contributed by atoms with Gasteiger partial charge in [0.1, 0.15) is 11.6 Å². The van der Waals surface area contributed by atoms with E-state index in [1.165, 1.54) is 0 Å². The molecule has 2 aromatic rings. The number of nitrogens with one attached hydrogen (secondary N) is 1. The summed E-state index contributed by atoms with van der Waals surface area (Å²) >= 11 is 11.8. The quantitative estimate of drug-likeness (QED) is 0.920. The Kier molecular flexibility index (Phi) is 4.28. The second-order valence-electron chi connectivity index (χ2n) is 3.69. The molecule has 94 valence electrons. The molecular formula is C13H12Cl2N2O. The van der Waals surface area contributed by atoms with Gasteiger partial charge in [-0.25, -0.2) is 4.98 Å². The first kappa shape index (κ1) is 13.0. The first-order valence-corrected chi connectivity index (χ1v) is 6.12. The van der Waals surface area contributed by atoms with Gasteiger partial charge in [-0.2, -0.15) is 0 Å². The zero-order chi connectivity index (χ0) is 13.0. The number of hydrogen-bond donors (Lipinski definition) is 1. The van der Waals surface area contributed by atoms with E-state index in [4.69, 9.17) is 27.9 Å². The van der Waals surface area contributed by atoms with Crippen LogP contribution in [0.15, 0.2) is 36.5 Å². The van der Waals surface area contributed by atoms with Crippen LogP contribution in [0.2, 0.25) is 10.0 Å². The van der Waals surface area contributed by atoms with Gasteiger partial charge in [0.15, 0.2) is 0 Å². The maximum Gasteiger partial charge on any atom is 0.145 e. The van der Waals surface area contributed by atoms with Crippen molar-refractivity contribution in [2.45, 2.75) is 6.54 Å². The number of nitrogens with zero attached hydrogens (tertiary/aromatic N) is 1. The lowest BCUT2D eigenvalue weighted by molar-refractivity contribution is 0.414. The van der Waals surface area contributed by atoms with Crippen molar-refractivity contribution >= 4 is 29.0 Å². The maximum atomic E-state index is 6.01. The molecule has 0 fully saturated rings. The van der Waals surface area contributed by atoms with Gasteiger partial charge < -0.3 is 10.1 Å². The Hall–Kier alpha value is -1.45. The molecule has 18 heavy (non-hydrogen) atoms. The van der Waals surface area contributed by atoms with Gasteiger partial charge in [0.05, 0.1) is 17.2 Å². The van der Waals surface area contributed by atoms with Crippen LogP contribution in [0.4, 0.5) is 5.82 Å². The summed E-state index contributed by atoms with van der Waals surface area (Å²) in [5.41, 5.74) is 1.11. The van der Waals surface area contributed by atoms with Crippen LogP contribution in [0, 0.1) is 0 Å². The van der Waals surface area contributed by atoms with E-state index in [2.05, 4.69) is 10.3 Å². The topological polar surface area (TPSA) is 34.1 Å². The number of aromatic nitrogens is 1. The van der Waals surface area contributed by atoms with Crippen molar-refractivity contribution in [1.29, 1.82) is 0 Å². The highest BCUT2D eigenvalue weighted by Gasteiger charge is 2.02. The van der Waals surface area contributed by atoms with Crippen LogP contribution in [-0.2, 0) is 6.54 Å². The molecule has 0 unspecified atom stereocenters. The zero-order valence-corrected chi connectivity index (χ0v) is 11.3. The lowest BCUT2D eigenvalue weighted by atomic mass is 10.2. The van der Waals surface area contributed by atoms with Gasteiger partial charge in [0.2, 0.25) is 0 Å². The maximum absolute atomic E-state index is 6.01. The van der Waals surface area contributed by atoms with E-state index in [9.17, 15) is 0 Å². The van der Waals surface area contributed by atoms with Crippen LogP contribution in [0.5, 0.6) is 5.75 Å². The summed E-state index contributed by atoms with van der Waals surface area (Å²) in [6, 6.07) is 9.44. The molecule has 0 atom stereocenters. The first-order valence-electron chi connectivity index (χ1n) is 5.37. The van der Waals surface area contributed by atoms with Crippen molar-refractivity contribution in [1.82, 2.24) is 4.98 Å². The second kappa shape index (κ2) is 5.94. The summed E-state index contributed by atoms with van der Waals surface area (Å²) < 4.78 is 5.10. The standard InChI is InChI=1S/C13H12Cl2N2O/c1-18-11-4-2-9(3-5-11)7-16-13-12(15)6-10(14)8-17-13/h2-6,8H,7H2,1H3,(H,16,17). The van der Waals surface area contributed by atoms with Gasteiger partial charge in [-0.1, -0.05) is 35.3 Å². The molecule has 0 radical (unpaired) electrons. The molecular weight excluding hydrogens is 271 g/mol. The molecule has 1 heterocycles. The van der Waals surface area contributed by atoms with Gasteiger partial charge in [-0.05, 0) is 23.8 Å². The molecule has 1 aromatic heterocycles.